The van der Waals surface area contributed by atoms with E-state index in [0.29, 0.717) is 17.0 Å². The maximum atomic E-state index is 13.0. The number of benzene rings is 2. The number of carbonyl (C=O) groups excluding carboxylic acids is 1. The summed E-state index contributed by atoms with van der Waals surface area (Å²) in [6.07, 6.45) is 2.50. The largest absolute Gasteiger partial charge is 0.342 e. The summed E-state index contributed by atoms with van der Waals surface area (Å²) in [6, 6.07) is 9.07. The molecule has 1 heterocycles. The van der Waals surface area contributed by atoms with Crippen LogP contribution in [0.3, 0.4) is 0 Å². The molecule has 6 heteroatoms. The number of nitrogens with zero attached hydrogens (tertiary/aromatic N) is 1. The van der Waals surface area contributed by atoms with E-state index in [-0.39, 0.29) is 5.91 Å². The second kappa shape index (κ2) is 7.95. The van der Waals surface area contributed by atoms with Crippen molar-refractivity contribution < 1.29 is 13.2 Å². The molecule has 1 aliphatic heterocycles. The smallest absolute Gasteiger partial charge is 0.262 e. The zero-order valence-corrected chi connectivity index (χ0v) is 17.8. The molecule has 0 saturated carbocycles. The SMILES string of the molecule is Cc1cc(C)c(C)c(S(=O)(=O)Nc2ccc(CC(=O)N3CCCC3)cc2)c1C. The fourth-order valence-corrected chi connectivity index (χ4v) is 5.41. The second-order valence-corrected chi connectivity index (χ2v) is 9.28. The monoisotopic (exact) mass is 400 g/mol. The minimum atomic E-state index is -3.69. The molecule has 1 amide bonds. The number of hydrogen-bond acceptors (Lipinski definition) is 3. The van der Waals surface area contributed by atoms with E-state index in [1.807, 2.05) is 50.8 Å². The summed E-state index contributed by atoms with van der Waals surface area (Å²) in [7, 11) is -3.69. The highest BCUT2D eigenvalue weighted by atomic mass is 32.2. The maximum absolute atomic E-state index is 13.0. The van der Waals surface area contributed by atoms with Crippen LogP contribution in [0, 0.1) is 27.7 Å². The molecule has 150 valence electrons. The first-order valence-corrected chi connectivity index (χ1v) is 11.1. The Bertz CT molecular complexity index is 963. The zero-order valence-electron chi connectivity index (χ0n) is 17.0. The first kappa shape index (κ1) is 20.4. The fraction of sp³-hybridized carbons (Fsp3) is 0.409. The highest BCUT2D eigenvalue weighted by molar-refractivity contribution is 7.92. The van der Waals surface area contributed by atoms with Gasteiger partial charge in [-0.25, -0.2) is 8.42 Å². The van der Waals surface area contributed by atoms with Gasteiger partial charge in [-0.15, -0.1) is 0 Å². The average Bonchev–Trinajstić information content (AvgIpc) is 3.16. The van der Waals surface area contributed by atoms with Crippen LogP contribution in [0.2, 0.25) is 0 Å². The second-order valence-electron chi connectivity index (χ2n) is 7.66. The van der Waals surface area contributed by atoms with Crippen LogP contribution in [-0.4, -0.2) is 32.3 Å². The Morgan fingerprint density at radius 1 is 0.964 bits per heavy atom. The van der Waals surface area contributed by atoms with Crippen LogP contribution in [0.15, 0.2) is 35.2 Å². The number of carbonyl (C=O) groups is 1. The van der Waals surface area contributed by atoms with Crippen molar-refractivity contribution >= 4 is 21.6 Å². The minimum Gasteiger partial charge on any atom is -0.342 e. The Kier molecular flexibility index (Phi) is 5.79. The number of rotatable bonds is 5. The van der Waals surface area contributed by atoms with Gasteiger partial charge in [0.25, 0.3) is 10.0 Å². The molecule has 28 heavy (non-hydrogen) atoms. The number of nitrogens with one attached hydrogen (secondary N) is 1. The third kappa shape index (κ3) is 4.22. The first-order chi connectivity index (χ1) is 13.2. The fourth-order valence-electron chi connectivity index (χ4n) is 3.73. The highest BCUT2D eigenvalue weighted by Crippen LogP contribution is 2.28. The summed E-state index contributed by atoms with van der Waals surface area (Å²) < 4.78 is 28.7. The summed E-state index contributed by atoms with van der Waals surface area (Å²) in [4.78, 5) is 14.5. The molecule has 0 aliphatic carbocycles. The van der Waals surface area contributed by atoms with E-state index in [9.17, 15) is 13.2 Å². The summed E-state index contributed by atoms with van der Waals surface area (Å²) in [5.74, 6) is 0.132. The molecule has 3 rings (SSSR count). The third-order valence-corrected chi connectivity index (χ3v) is 7.24. The first-order valence-electron chi connectivity index (χ1n) is 9.66. The van der Waals surface area contributed by atoms with Gasteiger partial charge in [-0.1, -0.05) is 18.2 Å². The highest BCUT2D eigenvalue weighted by Gasteiger charge is 2.22. The van der Waals surface area contributed by atoms with E-state index in [4.69, 9.17) is 0 Å². The number of amides is 1. The molecule has 0 radical (unpaired) electrons. The predicted molar refractivity (Wildman–Crippen MR) is 112 cm³/mol. The van der Waals surface area contributed by atoms with Gasteiger partial charge in [0.1, 0.15) is 0 Å². The molecule has 0 atom stereocenters. The maximum Gasteiger partial charge on any atom is 0.262 e. The van der Waals surface area contributed by atoms with Crippen molar-refractivity contribution in [3.05, 3.63) is 58.1 Å². The third-order valence-electron chi connectivity index (χ3n) is 5.59. The standard InChI is InChI=1S/C22H28N2O3S/c1-15-13-16(2)18(4)22(17(15)3)28(26,27)23-20-9-7-19(8-10-20)14-21(25)24-11-5-6-12-24/h7-10,13,23H,5-6,11-12,14H2,1-4H3. The normalized spacial score (nSPS) is 14.4. The van der Waals surface area contributed by atoms with Crippen LogP contribution in [0.4, 0.5) is 5.69 Å². The number of sulfonamides is 1. The van der Waals surface area contributed by atoms with E-state index >= 15 is 0 Å². The van der Waals surface area contributed by atoms with Gasteiger partial charge in [0.2, 0.25) is 5.91 Å². The predicted octanol–water partition coefficient (Wildman–Crippen LogP) is 3.89. The van der Waals surface area contributed by atoms with Gasteiger partial charge in [-0.2, -0.15) is 0 Å². The van der Waals surface area contributed by atoms with Crippen LogP contribution in [-0.2, 0) is 21.2 Å². The Morgan fingerprint density at radius 2 is 1.50 bits per heavy atom. The van der Waals surface area contributed by atoms with Gasteiger partial charge in [-0.05, 0) is 80.5 Å². The molecule has 1 aliphatic rings. The molecule has 2 aromatic carbocycles. The van der Waals surface area contributed by atoms with Gasteiger partial charge in [0.05, 0.1) is 11.3 Å². The van der Waals surface area contributed by atoms with Crippen molar-refractivity contribution in [2.75, 3.05) is 17.8 Å². The number of anilines is 1. The lowest BCUT2D eigenvalue weighted by atomic mass is 10.0. The Hall–Kier alpha value is -2.34. The van der Waals surface area contributed by atoms with Gasteiger partial charge in [0, 0.05) is 18.8 Å². The van der Waals surface area contributed by atoms with Crippen molar-refractivity contribution in [1.82, 2.24) is 4.90 Å². The van der Waals surface area contributed by atoms with Crippen LogP contribution < -0.4 is 4.72 Å². The number of aryl methyl sites for hydroxylation is 2. The van der Waals surface area contributed by atoms with E-state index in [0.717, 1.165) is 53.7 Å². The van der Waals surface area contributed by atoms with Crippen molar-refractivity contribution in [2.24, 2.45) is 0 Å². The molecule has 0 aromatic heterocycles. The molecule has 1 N–H and O–H groups in total. The van der Waals surface area contributed by atoms with Gasteiger partial charge >= 0.3 is 0 Å². The molecule has 0 unspecified atom stereocenters. The van der Waals surface area contributed by atoms with Crippen molar-refractivity contribution in [1.29, 1.82) is 0 Å². The summed E-state index contributed by atoms with van der Waals surface area (Å²) in [5, 5.41) is 0. The van der Waals surface area contributed by atoms with Gasteiger partial charge in [0.15, 0.2) is 0 Å². The van der Waals surface area contributed by atoms with Crippen LogP contribution in [0.1, 0.15) is 40.7 Å². The lowest BCUT2D eigenvalue weighted by Crippen LogP contribution is -2.29. The molecular weight excluding hydrogens is 372 g/mol. The van der Waals surface area contributed by atoms with Crippen LogP contribution in [0.25, 0.3) is 0 Å². The lowest BCUT2D eigenvalue weighted by molar-refractivity contribution is -0.129. The zero-order chi connectivity index (χ0) is 20.5. The molecule has 0 bridgehead atoms. The molecule has 0 spiro atoms. The Balaban J connectivity index is 1.77. The van der Waals surface area contributed by atoms with Crippen molar-refractivity contribution in [2.45, 2.75) is 51.9 Å². The van der Waals surface area contributed by atoms with Gasteiger partial charge < -0.3 is 4.90 Å². The van der Waals surface area contributed by atoms with Crippen molar-refractivity contribution in [3.63, 3.8) is 0 Å². The molecule has 2 aromatic rings. The average molecular weight is 401 g/mol. The lowest BCUT2D eigenvalue weighted by Gasteiger charge is -2.17. The van der Waals surface area contributed by atoms with E-state index < -0.39 is 10.0 Å². The summed E-state index contributed by atoms with van der Waals surface area (Å²) in [5.41, 5.74) is 4.83. The summed E-state index contributed by atoms with van der Waals surface area (Å²) >= 11 is 0. The Labute approximate surface area is 167 Å². The van der Waals surface area contributed by atoms with Crippen LogP contribution >= 0.6 is 0 Å². The summed E-state index contributed by atoms with van der Waals surface area (Å²) in [6.45, 7) is 9.20. The molecule has 5 nitrogen and oxygen atoms in total. The minimum absolute atomic E-state index is 0.132. The Morgan fingerprint density at radius 3 is 2.04 bits per heavy atom. The quantitative estimate of drug-likeness (QED) is 0.828. The van der Waals surface area contributed by atoms with Crippen molar-refractivity contribution in [3.8, 4) is 0 Å². The topological polar surface area (TPSA) is 66.5 Å². The van der Waals surface area contributed by atoms with E-state index in [1.54, 1.807) is 12.1 Å². The van der Waals surface area contributed by atoms with Crippen LogP contribution in [0.5, 0.6) is 0 Å². The van der Waals surface area contributed by atoms with E-state index in [1.165, 1.54) is 0 Å². The molecule has 1 saturated heterocycles. The number of hydrogen-bond donors (Lipinski definition) is 1. The van der Waals surface area contributed by atoms with E-state index in [2.05, 4.69) is 4.72 Å². The molecule has 1 fully saturated rings. The molecular formula is C22H28N2O3S. The van der Waals surface area contributed by atoms with Gasteiger partial charge in [-0.3, -0.25) is 9.52 Å². The number of likely N-dealkylation sites (tertiary alicyclic amines) is 1.